The second kappa shape index (κ2) is 5.85. The second-order valence-corrected chi connectivity index (χ2v) is 5.94. The highest BCUT2D eigenvalue weighted by molar-refractivity contribution is 9.11. The monoisotopic (exact) mass is 277 g/mol. The van der Waals surface area contributed by atoms with Crippen LogP contribution >= 0.6 is 27.3 Å². The molecule has 1 aromatic rings. The number of halogens is 1. The largest absolute Gasteiger partial charge is 0.396 e. The molecule has 1 aromatic heterocycles. The predicted molar refractivity (Wildman–Crippen MR) is 64.7 cm³/mol. The van der Waals surface area contributed by atoms with Crippen LogP contribution in [0.5, 0.6) is 0 Å². The van der Waals surface area contributed by atoms with E-state index in [9.17, 15) is 0 Å². The molecule has 2 nitrogen and oxygen atoms in total. The molecule has 0 aliphatic carbocycles. The van der Waals surface area contributed by atoms with Crippen molar-refractivity contribution in [3.63, 3.8) is 0 Å². The highest BCUT2D eigenvalue weighted by Gasteiger charge is 2.10. The van der Waals surface area contributed by atoms with Crippen LogP contribution in [0.15, 0.2) is 15.9 Å². The van der Waals surface area contributed by atoms with Crippen molar-refractivity contribution in [1.29, 1.82) is 0 Å². The van der Waals surface area contributed by atoms with E-state index in [2.05, 4.69) is 47.2 Å². The van der Waals surface area contributed by atoms with Gasteiger partial charge in [-0.3, -0.25) is 0 Å². The molecule has 14 heavy (non-hydrogen) atoms. The molecule has 0 radical (unpaired) electrons. The van der Waals surface area contributed by atoms with Crippen molar-refractivity contribution in [2.75, 3.05) is 6.61 Å². The average Bonchev–Trinajstić information content (AvgIpc) is 2.52. The highest BCUT2D eigenvalue weighted by Crippen LogP contribution is 2.27. The van der Waals surface area contributed by atoms with Gasteiger partial charge in [-0.05, 0) is 48.3 Å². The summed E-state index contributed by atoms with van der Waals surface area (Å²) in [6.07, 6.45) is 0.802. The summed E-state index contributed by atoms with van der Waals surface area (Å²) in [5.41, 5.74) is 0. The minimum absolute atomic E-state index is 0.245. The summed E-state index contributed by atoms with van der Waals surface area (Å²) in [5, 5.41) is 12.2. The lowest BCUT2D eigenvalue weighted by atomic mass is 10.2. The third-order valence-electron chi connectivity index (χ3n) is 2.12. The van der Waals surface area contributed by atoms with Crippen molar-refractivity contribution in [3.05, 3.63) is 20.8 Å². The number of thiophene rings is 1. The molecular formula is C10H16BrNOS. The molecule has 4 heteroatoms. The van der Waals surface area contributed by atoms with Crippen molar-refractivity contribution in [2.24, 2.45) is 0 Å². The Morgan fingerprint density at radius 3 is 2.71 bits per heavy atom. The molecule has 0 saturated carbocycles. The number of hydrogen-bond donors (Lipinski definition) is 2. The molecule has 0 spiro atoms. The molecule has 1 heterocycles. The van der Waals surface area contributed by atoms with Gasteiger partial charge < -0.3 is 10.4 Å². The lowest BCUT2D eigenvalue weighted by Crippen LogP contribution is -2.29. The predicted octanol–water partition coefficient (Wildman–Crippen LogP) is 2.93. The number of rotatable bonds is 5. The van der Waals surface area contributed by atoms with Crippen LogP contribution in [0, 0.1) is 0 Å². The Balaban J connectivity index is 2.45. The maximum Gasteiger partial charge on any atom is 0.0701 e. The zero-order valence-electron chi connectivity index (χ0n) is 8.46. The maximum absolute atomic E-state index is 8.78. The highest BCUT2D eigenvalue weighted by atomic mass is 79.9. The van der Waals surface area contributed by atoms with Crippen LogP contribution < -0.4 is 5.32 Å². The Bertz CT molecular complexity index is 277. The summed E-state index contributed by atoms with van der Waals surface area (Å²) in [6, 6.07) is 4.90. The first-order valence-corrected chi connectivity index (χ1v) is 6.36. The van der Waals surface area contributed by atoms with Gasteiger partial charge in [-0.15, -0.1) is 11.3 Å². The van der Waals surface area contributed by atoms with Gasteiger partial charge in [0.1, 0.15) is 0 Å². The maximum atomic E-state index is 8.78. The molecule has 1 rings (SSSR count). The van der Waals surface area contributed by atoms with Crippen LogP contribution in [-0.2, 0) is 0 Å². The van der Waals surface area contributed by atoms with E-state index in [1.54, 1.807) is 11.3 Å². The molecular weight excluding hydrogens is 262 g/mol. The first-order chi connectivity index (χ1) is 6.63. The molecule has 0 bridgehead atoms. The smallest absolute Gasteiger partial charge is 0.0701 e. The SMILES string of the molecule is CC(N[C@H](C)CCO)c1ccc(Br)s1. The van der Waals surface area contributed by atoms with Gasteiger partial charge in [0.2, 0.25) is 0 Å². The Morgan fingerprint density at radius 2 is 2.21 bits per heavy atom. The number of nitrogens with one attached hydrogen (secondary N) is 1. The summed E-state index contributed by atoms with van der Waals surface area (Å²) >= 11 is 5.20. The van der Waals surface area contributed by atoms with E-state index in [1.807, 2.05) is 0 Å². The quantitative estimate of drug-likeness (QED) is 0.868. The minimum atomic E-state index is 0.245. The first-order valence-electron chi connectivity index (χ1n) is 4.75. The third kappa shape index (κ3) is 3.69. The van der Waals surface area contributed by atoms with Crippen LogP contribution in [0.4, 0.5) is 0 Å². The van der Waals surface area contributed by atoms with E-state index in [0.29, 0.717) is 12.1 Å². The zero-order valence-corrected chi connectivity index (χ0v) is 10.9. The topological polar surface area (TPSA) is 32.3 Å². The normalized spacial score (nSPS) is 15.4. The van der Waals surface area contributed by atoms with Crippen LogP contribution in [-0.4, -0.2) is 17.8 Å². The van der Waals surface area contributed by atoms with Crippen molar-refractivity contribution in [3.8, 4) is 0 Å². The molecule has 1 unspecified atom stereocenters. The molecule has 0 aliphatic heterocycles. The third-order valence-corrected chi connectivity index (χ3v) is 3.92. The van der Waals surface area contributed by atoms with Crippen LogP contribution in [0.25, 0.3) is 0 Å². The lowest BCUT2D eigenvalue weighted by molar-refractivity contribution is 0.265. The molecule has 0 aromatic carbocycles. The van der Waals surface area contributed by atoms with E-state index in [4.69, 9.17) is 5.11 Å². The average molecular weight is 278 g/mol. The van der Waals surface area contributed by atoms with Gasteiger partial charge in [-0.25, -0.2) is 0 Å². The van der Waals surface area contributed by atoms with E-state index in [1.165, 1.54) is 4.88 Å². The Morgan fingerprint density at radius 1 is 1.50 bits per heavy atom. The summed E-state index contributed by atoms with van der Waals surface area (Å²) in [7, 11) is 0. The van der Waals surface area contributed by atoms with Crippen molar-refractivity contribution in [2.45, 2.75) is 32.4 Å². The Labute approximate surface area is 97.5 Å². The van der Waals surface area contributed by atoms with Gasteiger partial charge >= 0.3 is 0 Å². The Hall–Kier alpha value is 0.1000. The van der Waals surface area contributed by atoms with E-state index >= 15 is 0 Å². The Kier molecular flexibility index (Phi) is 5.09. The lowest BCUT2D eigenvalue weighted by Gasteiger charge is -2.18. The second-order valence-electron chi connectivity index (χ2n) is 3.44. The molecule has 0 fully saturated rings. The zero-order chi connectivity index (χ0) is 10.6. The number of hydrogen-bond acceptors (Lipinski definition) is 3. The number of aliphatic hydroxyl groups is 1. The molecule has 2 N–H and O–H groups in total. The summed E-state index contributed by atoms with van der Waals surface area (Å²) in [5.74, 6) is 0. The van der Waals surface area contributed by atoms with Gasteiger partial charge in [0, 0.05) is 23.6 Å². The first kappa shape index (κ1) is 12.2. The van der Waals surface area contributed by atoms with E-state index < -0.39 is 0 Å². The van der Waals surface area contributed by atoms with Crippen LogP contribution in [0.1, 0.15) is 31.2 Å². The summed E-state index contributed by atoms with van der Waals surface area (Å²) in [4.78, 5) is 1.32. The van der Waals surface area contributed by atoms with Gasteiger partial charge in [-0.1, -0.05) is 0 Å². The molecule has 0 saturated heterocycles. The van der Waals surface area contributed by atoms with E-state index in [0.717, 1.165) is 10.2 Å². The van der Waals surface area contributed by atoms with E-state index in [-0.39, 0.29) is 6.61 Å². The fourth-order valence-electron chi connectivity index (χ4n) is 1.35. The van der Waals surface area contributed by atoms with Gasteiger partial charge in [0.25, 0.3) is 0 Å². The molecule has 0 aliphatic rings. The minimum Gasteiger partial charge on any atom is -0.396 e. The molecule has 80 valence electrons. The van der Waals surface area contributed by atoms with Gasteiger partial charge in [-0.2, -0.15) is 0 Å². The van der Waals surface area contributed by atoms with Crippen LogP contribution in [0.2, 0.25) is 0 Å². The van der Waals surface area contributed by atoms with Crippen molar-refractivity contribution in [1.82, 2.24) is 5.32 Å². The summed E-state index contributed by atoms with van der Waals surface area (Å²) < 4.78 is 1.16. The fraction of sp³-hybridized carbons (Fsp3) is 0.600. The molecule has 0 amide bonds. The standard InChI is InChI=1S/C10H16BrNOS/c1-7(5-6-13)12-8(2)9-3-4-10(11)14-9/h3-4,7-8,12-13H,5-6H2,1-2H3/t7-,8?/m1/s1. The van der Waals surface area contributed by atoms with Crippen LogP contribution in [0.3, 0.4) is 0 Å². The van der Waals surface area contributed by atoms with Crippen molar-refractivity contribution >= 4 is 27.3 Å². The fourth-order valence-corrected chi connectivity index (χ4v) is 2.78. The van der Waals surface area contributed by atoms with Gasteiger partial charge in [0.15, 0.2) is 0 Å². The summed E-state index contributed by atoms with van der Waals surface area (Å²) in [6.45, 7) is 4.48. The van der Waals surface area contributed by atoms with Gasteiger partial charge in [0.05, 0.1) is 3.79 Å². The number of aliphatic hydroxyl groups excluding tert-OH is 1. The molecule has 2 atom stereocenters. The van der Waals surface area contributed by atoms with Crippen molar-refractivity contribution < 1.29 is 5.11 Å².